The summed E-state index contributed by atoms with van der Waals surface area (Å²) in [6.45, 7) is 13.1. The summed E-state index contributed by atoms with van der Waals surface area (Å²) in [7, 11) is 0. The molecule has 0 saturated carbocycles. The Hall–Kier alpha value is -0.910. The Bertz CT molecular complexity index is 559. The summed E-state index contributed by atoms with van der Waals surface area (Å²) < 4.78 is 7.83. The molecule has 0 radical (unpaired) electrons. The fourth-order valence-corrected chi connectivity index (χ4v) is 3.27. The topological polar surface area (TPSA) is 38.6 Å². The van der Waals surface area contributed by atoms with Gasteiger partial charge in [0.15, 0.2) is 4.96 Å². The summed E-state index contributed by atoms with van der Waals surface area (Å²) in [5, 5.41) is 5.78. The van der Waals surface area contributed by atoms with Gasteiger partial charge in [0.25, 0.3) is 0 Å². The van der Waals surface area contributed by atoms with Crippen molar-refractivity contribution in [1.82, 2.24) is 14.7 Å². The van der Waals surface area contributed by atoms with Gasteiger partial charge in [0.05, 0.1) is 18.0 Å². The number of aromatic nitrogens is 2. The molecular formula is C15H25N3OS. The van der Waals surface area contributed by atoms with Crippen molar-refractivity contribution in [1.29, 1.82) is 0 Å². The van der Waals surface area contributed by atoms with Crippen LogP contribution in [0.15, 0.2) is 5.38 Å². The first kappa shape index (κ1) is 15.5. The number of aryl methyl sites for hydroxylation is 2. The second kappa shape index (κ2) is 6.70. The lowest BCUT2D eigenvalue weighted by Gasteiger charge is -2.22. The van der Waals surface area contributed by atoms with Crippen LogP contribution < -0.4 is 5.32 Å². The van der Waals surface area contributed by atoms with E-state index in [-0.39, 0.29) is 0 Å². The minimum Gasteiger partial charge on any atom is -0.380 e. The summed E-state index contributed by atoms with van der Waals surface area (Å²) >= 11 is 1.70. The summed E-state index contributed by atoms with van der Waals surface area (Å²) in [5.41, 5.74) is 3.64. The summed E-state index contributed by atoms with van der Waals surface area (Å²) in [5.74, 6) is 0.550. The molecule has 0 saturated heterocycles. The van der Waals surface area contributed by atoms with Crippen LogP contribution in [0, 0.1) is 19.8 Å². The van der Waals surface area contributed by atoms with Crippen molar-refractivity contribution in [3.05, 3.63) is 22.5 Å². The first-order chi connectivity index (χ1) is 9.54. The molecule has 20 heavy (non-hydrogen) atoms. The molecule has 2 heterocycles. The predicted octanol–water partition coefficient (Wildman–Crippen LogP) is 3.16. The Morgan fingerprint density at radius 3 is 2.80 bits per heavy atom. The number of rotatable bonds is 7. The molecule has 1 unspecified atom stereocenters. The number of nitrogens with zero attached hydrogens (tertiary/aromatic N) is 2. The molecule has 0 spiro atoms. The zero-order chi connectivity index (χ0) is 14.7. The van der Waals surface area contributed by atoms with Crippen LogP contribution in [-0.4, -0.2) is 28.6 Å². The maximum absolute atomic E-state index is 5.57. The molecule has 5 heteroatoms. The molecule has 1 N–H and O–H groups in total. The second-order valence-electron chi connectivity index (χ2n) is 5.53. The molecule has 0 amide bonds. The van der Waals surface area contributed by atoms with Crippen LogP contribution in [-0.2, 0) is 11.3 Å². The van der Waals surface area contributed by atoms with Crippen molar-refractivity contribution in [2.24, 2.45) is 5.92 Å². The molecule has 0 aliphatic carbocycles. The third kappa shape index (κ3) is 3.22. The highest BCUT2D eigenvalue weighted by atomic mass is 32.1. The molecule has 0 aliphatic rings. The molecule has 1 atom stereocenters. The number of hydrogen-bond acceptors (Lipinski definition) is 4. The normalized spacial score (nSPS) is 13.5. The van der Waals surface area contributed by atoms with Gasteiger partial charge in [-0.05, 0) is 26.7 Å². The van der Waals surface area contributed by atoms with Gasteiger partial charge in [-0.3, -0.25) is 4.40 Å². The molecule has 2 rings (SSSR count). The van der Waals surface area contributed by atoms with Crippen LogP contribution >= 0.6 is 11.3 Å². The standard InChI is InChI=1S/C15H25N3OS/c1-6-19-8-13(10(2)3)16-7-14-12(5)17-15-18(14)11(4)9-20-15/h9-10,13,16H,6-8H2,1-5H3. The zero-order valence-electron chi connectivity index (χ0n) is 13.1. The lowest BCUT2D eigenvalue weighted by atomic mass is 10.1. The Labute approximate surface area is 125 Å². The highest BCUT2D eigenvalue weighted by Crippen LogP contribution is 2.20. The van der Waals surface area contributed by atoms with Gasteiger partial charge in [0.1, 0.15) is 0 Å². The van der Waals surface area contributed by atoms with Crippen molar-refractivity contribution < 1.29 is 4.74 Å². The van der Waals surface area contributed by atoms with Gasteiger partial charge in [0.2, 0.25) is 0 Å². The van der Waals surface area contributed by atoms with E-state index < -0.39 is 0 Å². The number of nitrogens with one attached hydrogen (secondary N) is 1. The first-order valence-corrected chi connectivity index (χ1v) is 8.15. The van der Waals surface area contributed by atoms with E-state index in [9.17, 15) is 0 Å². The average molecular weight is 295 g/mol. The number of fused-ring (bicyclic) bond motifs is 1. The van der Waals surface area contributed by atoms with Gasteiger partial charge < -0.3 is 10.1 Å². The molecule has 0 fully saturated rings. The Kier molecular flexibility index (Phi) is 5.18. The Morgan fingerprint density at radius 1 is 1.40 bits per heavy atom. The van der Waals surface area contributed by atoms with E-state index in [0.717, 1.165) is 30.4 Å². The quantitative estimate of drug-likeness (QED) is 0.852. The van der Waals surface area contributed by atoms with E-state index in [1.165, 1.54) is 11.4 Å². The maximum atomic E-state index is 5.57. The van der Waals surface area contributed by atoms with E-state index in [2.05, 4.69) is 47.8 Å². The molecule has 0 aliphatic heterocycles. The van der Waals surface area contributed by atoms with Crippen LogP contribution in [0.1, 0.15) is 37.9 Å². The first-order valence-electron chi connectivity index (χ1n) is 7.27. The largest absolute Gasteiger partial charge is 0.380 e. The van der Waals surface area contributed by atoms with Crippen molar-refractivity contribution >= 4 is 16.3 Å². The van der Waals surface area contributed by atoms with E-state index >= 15 is 0 Å². The Balaban J connectivity index is 2.11. The number of imidazole rings is 1. The van der Waals surface area contributed by atoms with Crippen LogP contribution in [0.3, 0.4) is 0 Å². The van der Waals surface area contributed by atoms with Gasteiger partial charge >= 0.3 is 0 Å². The van der Waals surface area contributed by atoms with Gasteiger partial charge in [0, 0.05) is 30.3 Å². The number of hydrogen-bond donors (Lipinski definition) is 1. The Morgan fingerprint density at radius 2 is 2.15 bits per heavy atom. The fourth-order valence-electron chi connectivity index (χ4n) is 2.34. The van der Waals surface area contributed by atoms with Crippen molar-refractivity contribution in [2.75, 3.05) is 13.2 Å². The van der Waals surface area contributed by atoms with E-state index in [1.807, 2.05) is 6.92 Å². The number of thiazole rings is 1. The van der Waals surface area contributed by atoms with E-state index in [0.29, 0.717) is 12.0 Å². The van der Waals surface area contributed by atoms with E-state index in [1.54, 1.807) is 11.3 Å². The molecule has 0 bridgehead atoms. The van der Waals surface area contributed by atoms with Crippen molar-refractivity contribution in [3.63, 3.8) is 0 Å². The van der Waals surface area contributed by atoms with Crippen LogP contribution in [0.25, 0.3) is 4.96 Å². The summed E-state index contributed by atoms with van der Waals surface area (Å²) in [4.78, 5) is 5.71. The smallest absolute Gasteiger partial charge is 0.194 e. The van der Waals surface area contributed by atoms with Crippen molar-refractivity contribution in [3.8, 4) is 0 Å². The third-order valence-corrected chi connectivity index (χ3v) is 4.61. The highest BCUT2D eigenvalue weighted by Gasteiger charge is 2.16. The summed E-state index contributed by atoms with van der Waals surface area (Å²) in [6.07, 6.45) is 0. The SMILES string of the molecule is CCOCC(NCc1c(C)nc2scc(C)n12)C(C)C. The van der Waals surface area contributed by atoms with Gasteiger partial charge in [-0.1, -0.05) is 13.8 Å². The van der Waals surface area contributed by atoms with Gasteiger partial charge in [-0.25, -0.2) is 4.98 Å². The predicted molar refractivity (Wildman–Crippen MR) is 84.5 cm³/mol. The lowest BCUT2D eigenvalue weighted by molar-refractivity contribution is 0.107. The zero-order valence-corrected chi connectivity index (χ0v) is 13.9. The van der Waals surface area contributed by atoms with Crippen molar-refractivity contribution in [2.45, 2.75) is 47.2 Å². The minimum atomic E-state index is 0.374. The van der Waals surface area contributed by atoms with Crippen LogP contribution in [0.5, 0.6) is 0 Å². The molecule has 0 aromatic carbocycles. The monoisotopic (exact) mass is 295 g/mol. The molecule has 4 nitrogen and oxygen atoms in total. The van der Waals surface area contributed by atoms with Crippen LogP contribution in [0.4, 0.5) is 0 Å². The molecule has 112 valence electrons. The molecule has 2 aromatic heterocycles. The fraction of sp³-hybridized carbons (Fsp3) is 0.667. The maximum Gasteiger partial charge on any atom is 0.194 e. The molecule has 2 aromatic rings. The highest BCUT2D eigenvalue weighted by molar-refractivity contribution is 7.15. The van der Waals surface area contributed by atoms with Crippen LogP contribution in [0.2, 0.25) is 0 Å². The second-order valence-corrected chi connectivity index (χ2v) is 6.37. The molecular weight excluding hydrogens is 270 g/mol. The average Bonchev–Trinajstić information content (AvgIpc) is 2.90. The lowest BCUT2D eigenvalue weighted by Crippen LogP contribution is -2.38. The minimum absolute atomic E-state index is 0.374. The van der Waals surface area contributed by atoms with Gasteiger partial charge in [-0.15, -0.1) is 11.3 Å². The number of ether oxygens (including phenoxy) is 1. The summed E-state index contributed by atoms with van der Waals surface area (Å²) in [6, 6.07) is 0.374. The van der Waals surface area contributed by atoms with E-state index in [4.69, 9.17) is 4.74 Å². The third-order valence-electron chi connectivity index (χ3n) is 3.67. The van der Waals surface area contributed by atoms with Gasteiger partial charge in [-0.2, -0.15) is 0 Å².